The summed E-state index contributed by atoms with van der Waals surface area (Å²) in [6, 6.07) is 1.89. The molecular weight excluding hydrogens is 214 g/mol. The maximum absolute atomic E-state index is 5.83. The van der Waals surface area contributed by atoms with Crippen LogP contribution in [0.2, 0.25) is 0 Å². The van der Waals surface area contributed by atoms with Crippen molar-refractivity contribution in [2.75, 3.05) is 6.61 Å². The molecular formula is C13H19N3O. The Kier molecular flexibility index (Phi) is 3.61. The lowest BCUT2D eigenvalue weighted by atomic mass is 10.1. The number of aromatic nitrogens is 3. The third-order valence-electron chi connectivity index (χ3n) is 3.22. The van der Waals surface area contributed by atoms with Crippen LogP contribution in [-0.4, -0.2) is 21.8 Å². The van der Waals surface area contributed by atoms with Crippen LogP contribution in [0.1, 0.15) is 32.4 Å². The Labute approximate surface area is 101 Å². The minimum absolute atomic E-state index is 0.597. The standard InChI is InChI=1S/C13H19N3O/c1-4-10(5-2)8-17-13-12-9(3)15-16-11(12)6-7-14-13/h6-7,10H,4-5,8H2,1-3H3,(H,15,16). The highest BCUT2D eigenvalue weighted by atomic mass is 16.5. The monoisotopic (exact) mass is 233 g/mol. The average Bonchev–Trinajstić information content (AvgIpc) is 2.73. The van der Waals surface area contributed by atoms with Crippen molar-refractivity contribution in [3.8, 4) is 5.88 Å². The molecule has 17 heavy (non-hydrogen) atoms. The molecule has 0 fully saturated rings. The van der Waals surface area contributed by atoms with Crippen molar-refractivity contribution >= 4 is 10.9 Å². The molecule has 0 aliphatic rings. The molecule has 0 bridgehead atoms. The van der Waals surface area contributed by atoms with Gasteiger partial charge >= 0.3 is 0 Å². The van der Waals surface area contributed by atoms with E-state index in [9.17, 15) is 0 Å². The van der Waals surface area contributed by atoms with Crippen LogP contribution in [0, 0.1) is 12.8 Å². The van der Waals surface area contributed by atoms with E-state index < -0.39 is 0 Å². The molecule has 0 atom stereocenters. The zero-order valence-electron chi connectivity index (χ0n) is 10.7. The van der Waals surface area contributed by atoms with Crippen LogP contribution >= 0.6 is 0 Å². The van der Waals surface area contributed by atoms with E-state index in [1.807, 2.05) is 13.0 Å². The number of hydrogen-bond acceptors (Lipinski definition) is 3. The number of rotatable bonds is 5. The zero-order chi connectivity index (χ0) is 12.3. The lowest BCUT2D eigenvalue weighted by Gasteiger charge is -2.13. The van der Waals surface area contributed by atoms with E-state index in [1.165, 1.54) is 0 Å². The zero-order valence-corrected chi connectivity index (χ0v) is 10.7. The predicted molar refractivity (Wildman–Crippen MR) is 68.2 cm³/mol. The number of nitrogens with one attached hydrogen (secondary N) is 1. The molecule has 0 aliphatic heterocycles. The summed E-state index contributed by atoms with van der Waals surface area (Å²) in [4.78, 5) is 4.30. The molecule has 2 rings (SSSR count). The summed E-state index contributed by atoms with van der Waals surface area (Å²) in [5.74, 6) is 1.29. The SMILES string of the molecule is CCC(CC)COc1nccc2n[nH]c(C)c12. The first-order valence-electron chi connectivity index (χ1n) is 6.18. The van der Waals surface area contributed by atoms with Gasteiger partial charge in [0.2, 0.25) is 5.88 Å². The van der Waals surface area contributed by atoms with Crippen molar-refractivity contribution in [2.24, 2.45) is 5.92 Å². The number of ether oxygens (including phenoxy) is 1. The van der Waals surface area contributed by atoms with Gasteiger partial charge in [-0.15, -0.1) is 0 Å². The minimum Gasteiger partial charge on any atom is -0.477 e. The van der Waals surface area contributed by atoms with Gasteiger partial charge in [0.1, 0.15) is 0 Å². The highest BCUT2D eigenvalue weighted by molar-refractivity contribution is 5.85. The molecule has 0 spiro atoms. The number of nitrogens with zero attached hydrogens (tertiary/aromatic N) is 2. The molecule has 92 valence electrons. The molecule has 1 N–H and O–H groups in total. The van der Waals surface area contributed by atoms with Gasteiger partial charge in [0, 0.05) is 11.9 Å². The highest BCUT2D eigenvalue weighted by Gasteiger charge is 2.11. The van der Waals surface area contributed by atoms with Gasteiger partial charge < -0.3 is 4.74 Å². The summed E-state index contributed by atoms with van der Waals surface area (Å²) in [5, 5.41) is 8.16. The summed E-state index contributed by atoms with van der Waals surface area (Å²) >= 11 is 0. The molecule has 4 nitrogen and oxygen atoms in total. The predicted octanol–water partition coefficient (Wildman–Crippen LogP) is 3.08. The van der Waals surface area contributed by atoms with Crippen molar-refractivity contribution in [2.45, 2.75) is 33.6 Å². The van der Waals surface area contributed by atoms with Crippen LogP contribution in [-0.2, 0) is 0 Å². The molecule has 2 aromatic heterocycles. The third-order valence-corrected chi connectivity index (χ3v) is 3.22. The average molecular weight is 233 g/mol. The highest BCUT2D eigenvalue weighted by Crippen LogP contribution is 2.25. The maximum atomic E-state index is 5.83. The Bertz CT molecular complexity index is 488. The van der Waals surface area contributed by atoms with Gasteiger partial charge in [-0.25, -0.2) is 4.98 Å². The first kappa shape index (κ1) is 11.9. The topological polar surface area (TPSA) is 50.8 Å². The fourth-order valence-electron chi connectivity index (χ4n) is 1.91. The van der Waals surface area contributed by atoms with E-state index in [4.69, 9.17) is 4.74 Å². The van der Waals surface area contributed by atoms with E-state index in [1.54, 1.807) is 6.20 Å². The van der Waals surface area contributed by atoms with Crippen molar-refractivity contribution in [3.05, 3.63) is 18.0 Å². The van der Waals surface area contributed by atoms with Gasteiger partial charge in [0.15, 0.2) is 0 Å². The third kappa shape index (κ3) is 2.40. The molecule has 0 amide bonds. The molecule has 4 heteroatoms. The number of aromatic amines is 1. The van der Waals surface area contributed by atoms with Gasteiger partial charge in [-0.2, -0.15) is 5.10 Å². The smallest absolute Gasteiger partial charge is 0.224 e. The lowest BCUT2D eigenvalue weighted by Crippen LogP contribution is -2.10. The second kappa shape index (κ2) is 5.17. The number of fused-ring (bicyclic) bond motifs is 1. The Balaban J connectivity index is 2.20. The van der Waals surface area contributed by atoms with Crippen molar-refractivity contribution < 1.29 is 4.74 Å². The first-order valence-corrected chi connectivity index (χ1v) is 6.18. The van der Waals surface area contributed by atoms with Crippen molar-refractivity contribution in [1.82, 2.24) is 15.2 Å². The van der Waals surface area contributed by atoms with E-state index in [0.29, 0.717) is 11.8 Å². The summed E-state index contributed by atoms with van der Waals surface area (Å²) in [6.45, 7) is 7.09. The largest absolute Gasteiger partial charge is 0.477 e. The summed E-state index contributed by atoms with van der Waals surface area (Å²) in [7, 11) is 0. The Morgan fingerprint density at radius 1 is 1.35 bits per heavy atom. The molecule has 0 saturated carbocycles. The quantitative estimate of drug-likeness (QED) is 0.863. The van der Waals surface area contributed by atoms with Gasteiger partial charge in [-0.05, 0) is 18.9 Å². The van der Waals surface area contributed by atoms with Crippen LogP contribution < -0.4 is 4.74 Å². The van der Waals surface area contributed by atoms with Gasteiger partial charge in [0.25, 0.3) is 0 Å². The van der Waals surface area contributed by atoms with Crippen LogP contribution in [0.3, 0.4) is 0 Å². The second-order valence-electron chi connectivity index (χ2n) is 4.35. The first-order chi connectivity index (χ1) is 8.26. The molecule has 0 aliphatic carbocycles. The van der Waals surface area contributed by atoms with E-state index >= 15 is 0 Å². The Hall–Kier alpha value is -1.58. The molecule has 0 saturated heterocycles. The second-order valence-corrected chi connectivity index (χ2v) is 4.35. The normalized spacial score (nSPS) is 11.3. The summed E-state index contributed by atoms with van der Waals surface area (Å²) < 4.78 is 5.83. The molecule has 0 unspecified atom stereocenters. The summed E-state index contributed by atoms with van der Waals surface area (Å²) in [5.41, 5.74) is 1.92. The van der Waals surface area contributed by atoms with Crippen LogP contribution in [0.5, 0.6) is 5.88 Å². The number of aryl methyl sites for hydroxylation is 1. The summed E-state index contributed by atoms with van der Waals surface area (Å²) in [6.07, 6.45) is 4.01. The van der Waals surface area contributed by atoms with E-state index in [2.05, 4.69) is 29.0 Å². The maximum Gasteiger partial charge on any atom is 0.224 e. The minimum atomic E-state index is 0.597. The number of hydrogen-bond donors (Lipinski definition) is 1. The Morgan fingerprint density at radius 3 is 2.82 bits per heavy atom. The van der Waals surface area contributed by atoms with E-state index in [-0.39, 0.29) is 0 Å². The van der Waals surface area contributed by atoms with Crippen LogP contribution in [0.25, 0.3) is 10.9 Å². The van der Waals surface area contributed by atoms with Crippen molar-refractivity contribution in [3.63, 3.8) is 0 Å². The fourth-order valence-corrected chi connectivity index (χ4v) is 1.91. The fraction of sp³-hybridized carbons (Fsp3) is 0.538. The van der Waals surface area contributed by atoms with Crippen LogP contribution in [0.4, 0.5) is 0 Å². The van der Waals surface area contributed by atoms with Crippen LogP contribution in [0.15, 0.2) is 12.3 Å². The van der Waals surface area contributed by atoms with Gasteiger partial charge in [-0.1, -0.05) is 26.7 Å². The lowest BCUT2D eigenvalue weighted by molar-refractivity contribution is 0.235. The number of pyridine rings is 1. The van der Waals surface area contributed by atoms with Gasteiger partial charge in [0.05, 0.1) is 17.5 Å². The molecule has 2 aromatic rings. The molecule has 0 radical (unpaired) electrons. The molecule has 0 aromatic carbocycles. The van der Waals surface area contributed by atoms with E-state index in [0.717, 1.165) is 36.0 Å². The van der Waals surface area contributed by atoms with Gasteiger partial charge in [-0.3, -0.25) is 5.10 Å². The van der Waals surface area contributed by atoms with Crippen molar-refractivity contribution in [1.29, 1.82) is 0 Å². The Morgan fingerprint density at radius 2 is 2.12 bits per heavy atom. The molecule has 2 heterocycles. The number of H-pyrrole nitrogens is 1.